The van der Waals surface area contributed by atoms with Gasteiger partial charge in [-0.2, -0.15) is 0 Å². The van der Waals surface area contributed by atoms with Crippen molar-refractivity contribution in [3.05, 3.63) is 35.4 Å². The maximum Gasteiger partial charge on any atom is 0.407 e. The highest BCUT2D eigenvalue weighted by Crippen LogP contribution is 2.32. The van der Waals surface area contributed by atoms with Gasteiger partial charge in [0.05, 0.1) is 6.61 Å². The molecule has 2 N–H and O–H groups in total. The second-order valence-corrected chi connectivity index (χ2v) is 7.44. The molecule has 1 aromatic rings. The number of aliphatic hydroxyl groups excluding tert-OH is 1. The minimum Gasteiger partial charge on any atom is -0.444 e. The molecule has 1 aromatic carbocycles. The number of alkyl carbamates (subject to hydrolysis) is 1. The van der Waals surface area contributed by atoms with Gasteiger partial charge >= 0.3 is 6.09 Å². The zero-order chi connectivity index (χ0) is 18.5. The quantitative estimate of drug-likeness (QED) is 0.829. The zero-order valence-corrected chi connectivity index (χ0v) is 15.0. The molecule has 0 aromatic heterocycles. The standard InChI is InChI=1S/C18H27F2NO3/c1-12(2)18(11-22,10-21-16(23)24-17(3,4)5)9-13-8-14(19)6-7-15(13)20/h6-8,12,22H,9-11H2,1-5H3,(H,21,23). The van der Waals surface area contributed by atoms with Crippen LogP contribution in [-0.2, 0) is 11.2 Å². The summed E-state index contributed by atoms with van der Waals surface area (Å²) in [6.45, 7) is 8.78. The first-order valence-electron chi connectivity index (χ1n) is 8.01. The van der Waals surface area contributed by atoms with Crippen molar-refractivity contribution in [1.29, 1.82) is 0 Å². The molecule has 0 aliphatic heterocycles. The molecule has 0 spiro atoms. The lowest BCUT2D eigenvalue weighted by molar-refractivity contribution is 0.0392. The highest BCUT2D eigenvalue weighted by Gasteiger charge is 2.35. The summed E-state index contributed by atoms with van der Waals surface area (Å²) in [4.78, 5) is 11.9. The van der Waals surface area contributed by atoms with Crippen LogP contribution in [0.15, 0.2) is 18.2 Å². The summed E-state index contributed by atoms with van der Waals surface area (Å²) in [6, 6.07) is 3.23. The largest absolute Gasteiger partial charge is 0.444 e. The van der Waals surface area contributed by atoms with Crippen molar-refractivity contribution in [1.82, 2.24) is 5.32 Å². The predicted molar refractivity (Wildman–Crippen MR) is 88.7 cm³/mol. The molecule has 24 heavy (non-hydrogen) atoms. The van der Waals surface area contributed by atoms with Crippen LogP contribution in [0.25, 0.3) is 0 Å². The molecule has 1 atom stereocenters. The average Bonchev–Trinajstić information content (AvgIpc) is 2.45. The number of nitrogens with one attached hydrogen (secondary N) is 1. The lowest BCUT2D eigenvalue weighted by atomic mass is 9.73. The Morgan fingerprint density at radius 2 is 1.92 bits per heavy atom. The number of benzene rings is 1. The van der Waals surface area contributed by atoms with Gasteiger partial charge in [0.15, 0.2) is 0 Å². The van der Waals surface area contributed by atoms with E-state index in [9.17, 15) is 18.7 Å². The highest BCUT2D eigenvalue weighted by molar-refractivity contribution is 5.67. The van der Waals surface area contributed by atoms with E-state index in [2.05, 4.69) is 5.32 Å². The van der Waals surface area contributed by atoms with Crippen LogP contribution < -0.4 is 5.32 Å². The fourth-order valence-corrected chi connectivity index (χ4v) is 2.39. The van der Waals surface area contributed by atoms with Gasteiger partial charge in [0.25, 0.3) is 0 Å². The molecule has 0 saturated carbocycles. The molecule has 0 saturated heterocycles. The minimum absolute atomic E-state index is 0.0832. The molecule has 1 unspecified atom stereocenters. The van der Waals surface area contributed by atoms with Crippen LogP contribution in [-0.4, -0.2) is 30.0 Å². The molecule has 0 heterocycles. The van der Waals surface area contributed by atoms with Crippen LogP contribution in [0.1, 0.15) is 40.2 Å². The predicted octanol–water partition coefficient (Wildman–Crippen LogP) is 3.67. The topological polar surface area (TPSA) is 58.6 Å². The molecular formula is C18H27F2NO3. The maximum atomic E-state index is 14.0. The summed E-state index contributed by atoms with van der Waals surface area (Å²) in [5.41, 5.74) is -1.30. The Labute approximate surface area is 142 Å². The first kappa shape index (κ1) is 20.4. The smallest absolute Gasteiger partial charge is 0.407 e. The van der Waals surface area contributed by atoms with Crippen molar-refractivity contribution in [3.63, 3.8) is 0 Å². The summed E-state index contributed by atoms with van der Waals surface area (Å²) in [5, 5.41) is 12.5. The van der Waals surface area contributed by atoms with Crippen LogP contribution in [0.2, 0.25) is 0 Å². The third-order valence-electron chi connectivity index (χ3n) is 4.07. The van der Waals surface area contributed by atoms with Gasteiger partial charge in [-0.05, 0) is 56.9 Å². The van der Waals surface area contributed by atoms with Crippen molar-refractivity contribution < 1.29 is 23.4 Å². The normalized spacial score (nSPS) is 14.4. The van der Waals surface area contributed by atoms with E-state index in [0.29, 0.717) is 0 Å². The van der Waals surface area contributed by atoms with Gasteiger partial charge in [-0.15, -0.1) is 0 Å². The number of carbonyl (C=O) groups excluding carboxylic acids is 1. The molecule has 0 aliphatic rings. The molecule has 0 aliphatic carbocycles. The monoisotopic (exact) mass is 343 g/mol. The van der Waals surface area contributed by atoms with E-state index in [1.165, 1.54) is 0 Å². The van der Waals surface area contributed by atoms with E-state index in [1.807, 2.05) is 13.8 Å². The van der Waals surface area contributed by atoms with E-state index in [0.717, 1.165) is 18.2 Å². The van der Waals surface area contributed by atoms with Gasteiger partial charge in [-0.1, -0.05) is 13.8 Å². The number of carbonyl (C=O) groups is 1. The van der Waals surface area contributed by atoms with Crippen molar-refractivity contribution in [3.8, 4) is 0 Å². The Balaban J connectivity index is 2.94. The van der Waals surface area contributed by atoms with Gasteiger partial charge in [0.2, 0.25) is 0 Å². The van der Waals surface area contributed by atoms with Crippen LogP contribution in [0, 0.1) is 23.0 Å². The number of halogens is 2. The van der Waals surface area contributed by atoms with E-state index < -0.39 is 28.7 Å². The second-order valence-electron chi connectivity index (χ2n) is 7.44. The Kier molecular flexibility index (Phi) is 6.72. The number of ether oxygens (including phenoxy) is 1. The number of aliphatic hydroxyl groups is 1. The van der Waals surface area contributed by atoms with E-state index in [1.54, 1.807) is 20.8 Å². The Bertz CT molecular complexity index is 570. The molecule has 1 amide bonds. The number of rotatable bonds is 6. The molecule has 0 bridgehead atoms. The molecule has 1 rings (SSSR count). The van der Waals surface area contributed by atoms with E-state index in [4.69, 9.17) is 4.74 Å². The van der Waals surface area contributed by atoms with Crippen LogP contribution >= 0.6 is 0 Å². The van der Waals surface area contributed by atoms with Crippen molar-refractivity contribution in [2.45, 2.75) is 46.6 Å². The van der Waals surface area contributed by atoms with Crippen LogP contribution in [0.3, 0.4) is 0 Å². The highest BCUT2D eigenvalue weighted by atomic mass is 19.1. The van der Waals surface area contributed by atoms with Crippen LogP contribution in [0.4, 0.5) is 13.6 Å². The van der Waals surface area contributed by atoms with Gasteiger partial charge in [-0.3, -0.25) is 0 Å². The van der Waals surface area contributed by atoms with Gasteiger partial charge in [-0.25, -0.2) is 13.6 Å². The number of hydrogen-bond donors (Lipinski definition) is 2. The summed E-state index contributed by atoms with van der Waals surface area (Å²) < 4.78 is 32.6. The lowest BCUT2D eigenvalue weighted by Crippen LogP contribution is -2.46. The Hall–Kier alpha value is -1.69. The molecular weight excluding hydrogens is 316 g/mol. The van der Waals surface area contributed by atoms with Crippen molar-refractivity contribution in [2.24, 2.45) is 11.3 Å². The summed E-state index contributed by atoms with van der Waals surface area (Å²) >= 11 is 0. The molecule has 136 valence electrons. The molecule has 0 fully saturated rings. The number of hydrogen-bond acceptors (Lipinski definition) is 3. The van der Waals surface area contributed by atoms with Crippen LogP contribution in [0.5, 0.6) is 0 Å². The third kappa shape index (κ3) is 5.74. The zero-order valence-electron chi connectivity index (χ0n) is 15.0. The second kappa shape index (κ2) is 7.92. The first-order valence-corrected chi connectivity index (χ1v) is 8.01. The molecule has 6 heteroatoms. The SMILES string of the molecule is CC(C)C(CO)(CNC(=O)OC(C)(C)C)Cc1cc(F)ccc1F. The Morgan fingerprint density at radius 1 is 1.29 bits per heavy atom. The molecule has 4 nitrogen and oxygen atoms in total. The third-order valence-corrected chi connectivity index (χ3v) is 4.07. The van der Waals surface area contributed by atoms with E-state index >= 15 is 0 Å². The average molecular weight is 343 g/mol. The summed E-state index contributed by atoms with van der Waals surface area (Å²) in [6.07, 6.45) is -0.513. The van der Waals surface area contributed by atoms with Crippen molar-refractivity contribution >= 4 is 6.09 Å². The Morgan fingerprint density at radius 3 is 2.42 bits per heavy atom. The van der Waals surface area contributed by atoms with Gasteiger partial charge < -0.3 is 15.2 Å². The molecule has 0 radical (unpaired) electrons. The van der Waals surface area contributed by atoms with Gasteiger partial charge in [0, 0.05) is 12.0 Å². The fraction of sp³-hybridized carbons (Fsp3) is 0.611. The van der Waals surface area contributed by atoms with E-state index in [-0.39, 0.29) is 31.1 Å². The minimum atomic E-state index is -0.828. The number of amides is 1. The summed E-state index contributed by atoms with van der Waals surface area (Å²) in [7, 11) is 0. The first-order chi connectivity index (χ1) is 11.0. The van der Waals surface area contributed by atoms with Crippen molar-refractivity contribution in [2.75, 3.05) is 13.2 Å². The summed E-state index contributed by atoms with van der Waals surface area (Å²) in [5.74, 6) is -1.16. The maximum absolute atomic E-state index is 14.0. The van der Waals surface area contributed by atoms with Gasteiger partial charge in [0.1, 0.15) is 17.2 Å². The lowest BCUT2D eigenvalue weighted by Gasteiger charge is -2.36. The fourth-order valence-electron chi connectivity index (χ4n) is 2.39.